The lowest BCUT2D eigenvalue weighted by atomic mass is 10.1. The Bertz CT molecular complexity index is 969. The van der Waals surface area contributed by atoms with Gasteiger partial charge in [0.05, 0.1) is 31.2 Å². The summed E-state index contributed by atoms with van der Waals surface area (Å²) in [6.45, 7) is 4.01. The molecule has 2 aromatic rings. The van der Waals surface area contributed by atoms with Gasteiger partial charge in [0.25, 0.3) is 11.8 Å². The van der Waals surface area contributed by atoms with E-state index in [9.17, 15) is 14.0 Å². The Balaban J connectivity index is 1.96. The first-order chi connectivity index (χ1) is 13.8. The molecular weight excluding hydrogens is 393 g/mol. The van der Waals surface area contributed by atoms with Crippen molar-refractivity contribution < 1.29 is 23.5 Å². The largest absolute Gasteiger partial charge is 0.493 e. The number of nitrogens with zero attached hydrogens (tertiary/aromatic N) is 1. The van der Waals surface area contributed by atoms with Crippen molar-refractivity contribution in [2.45, 2.75) is 25.6 Å². The fourth-order valence-corrected chi connectivity index (χ4v) is 4.08. The first-order valence-corrected chi connectivity index (χ1v) is 9.97. The second-order valence-corrected chi connectivity index (χ2v) is 8.35. The second kappa shape index (κ2) is 8.69. The zero-order valence-electron chi connectivity index (χ0n) is 16.7. The average molecular weight is 415 g/mol. The molecule has 3 rings (SSSR count). The number of hydrogen-bond acceptors (Lipinski definition) is 5. The fraction of sp³-hybridized carbons (Fsp3) is 0.273. The van der Waals surface area contributed by atoms with Crippen molar-refractivity contribution in [3.8, 4) is 11.5 Å². The highest BCUT2D eigenvalue weighted by Gasteiger charge is 2.39. The van der Waals surface area contributed by atoms with Crippen LogP contribution in [0.25, 0.3) is 5.57 Å². The van der Waals surface area contributed by atoms with E-state index < -0.39 is 5.82 Å². The van der Waals surface area contributed by atoms with E-state index in [2.05, 4.69) is 0 Å². The molecule has 7 heteroatoms. The van der Waals surface area contributed by atoms with Crippen molar-refractivity contribution in [2.75, 3.05) is 14.2 Å². The molecule has 0 saturated carbocycles. The number of thioether (sulfide) groups is 1. The molecule has 0 N–H and O–H groups in total. The molecule has 152 valence electrons. The van der Waals surface area contributed by atoms with Crippen LogP contribution in [-0.2, 0) is 16.1 Å². The van der Waals surface area contributed by atoms with Gasteiger partial charge in [-0.15, -0.1) is 11.8 Å². The fourth-order valence-electron chi connectivity index (χ4n) is 3.08. The van der Waals surface area contributed by atoms with E-state index in [4.69, 9.17) is 9.47 Å². The molecule has 0 bridgehead atoms. The van der Waals surface area contributed by atoms with Crippen molar-refractivity contribution in [3.63, 3.8) is 0 Å². The van der Waals surface area contributed by atoms with Gasteiger partial charge in [-0.25, -0.2) is 4.39 Å². The topological polar surface area (TPSA) is 55.8 Å². The minimum Gasteiger partial charge on any atom is -0.493 e. The van der Waals surface area contributed by atoms with Crippen LogP contribution in [0.1, 0.15) is 25.0 Å². The molecule has 0 aliphatic carbocycles. The predicted molar refractivity (Wildman–Crippen MR) is 111 cm³/mol. The monoisotopic (exact) mass is 415 g/mol. The van der Waals surface area contributed by atoms with E-state index in [0.29, 0.717) is 27.5 Å². The van der Waals surface area contributed by atoms with Crippen LogP contribution in [0.5, 0.6) is 11.5 Å². The molecule has 0 unspecified atom stereocenters. The third-order valence-corrected chi connectivity index (χ3v) is 5.49. The highest BCUT2D eigenvalue weighted by molar-refractivity contribution is 8.04. The minimum absolute atomic E-state index is 0.102. The molecule has 5 nitrogen and oxygen atoms in total. The number of hydrogen-bond donors (Lipinski definition) is 0. The first-order valence-electron chi connectivity index (χ1n) is 9.09. The van der Waals surface area contributed by atoms with Crippen LogP contribution in [-0.4, -0.2) is 36.2 Å². The molecule has 2 aromatic carbocycles. The van der Waals surface area contributed by atoms with Crippen molar-refractivity contribution in [3.05, 3.63) is 64.3 Å². The van der Waals surface area contributed by atoms with Gasteiger partial charge in [-0.05, 0) is 35.4 Å². The number of imide groups is 1. The number of rotatable bonds is 7. The molecule has 2 amide bonds. The van der Waals surface area contributed by atoms with Gasteiger partial charge in [0.2, 0.25) is 0 Å². The maximum absolute atomic E-state index is 13.3. The van der Waals surface area contributed by atoms with E-state index in [1.165, 1.54) is 48.0 Å². The quantitative estimate of drug-likeness (QED) is 0.633. The average Bonchev–Trinajstić information content (AvgIpc) is 2.92. The minimum atomic E-state index is -0.397. The molecule has 1 aliphatic rings. The summed E-state index contributed by atoms with van der Waals surface area (Å²) >= 11 is 1.34. The molecular formula is C22H22FNO4S. The summed E-state index contributed by atoms with van der Waals surface area (Å²) in [7, 11) is 3.07. The van der Waals surface area contributed by atoms with Crippen molar-refractivity contribution in [1.82, 2.24) is 4.90 Å². The molecule has 1 aliphatic heterocycles. The van der Waals surface area contributed by atoms with E-state index in [1.54, 1.807) is 25.3 Å². The van der Waals surface area contributed by atoms with Crippen LogP contribution in [0.4, 0.5) is 4.39 Å². The lowest BCUT2D eigenvalue weighted by Crippen LogP contribution is -2.31. The van der Waals surface area contributed by atoms with Gasteiger partial charge in [0.1, 0.15) is 5.82 Å². The molecule has 1 heterocycles. The smallest absolute Gasteiger partial charge is 0.268 e. The van der Waals surface area contributed by atoms with Crippen LogP contribution in [0, 0.1) is 5.82 Å². The Hall–Kier alpha value is -2.80. The van der Waals surface area contributed by atoms with Crippen LogP contribution >= 0.6 is 11.8 Å². The van der Waals surface area contributed by atoms with Gasteiger partial charge in [-0.3, -0.25) is 14.5 Å². The van der Waals surface area contributed by atoms with Crippen molar-refractivity contribution in [1.29, 1.82) is 0 Å². The molecule has 0 aromatic heterocycles. The number of carbonyl (C=O) groups is 2. The summed E-state index contributed by atoms with van der Waals surface area (Å²) in [5, 5.41) is 0.109. The van der Waals surface area contributed by atoms with Gasteiger partial charge in [-0.1, -0.05) is 32.0 Å². The summed E-state index contributed by atoms with van der Waals surface area (Å²) < 4.78 is 23.9. The Labute approximate surface area is 173 Å². The maximum Gasteiger partial charge on any atom is 0.268 e. The summed E-state index contributed by atoms with van der Waals surface area (Å²) in [6, 6.07) is 10.9. The van der Waals surface area contributed by atoms with Crippen molar-refractivity contribution in [2.24, 2.45) is 0 Å². The van der Waals surface area contributed by atoms with Gasteiger partial charge >= 0.3 is 0 Å². The molecule has 0 fully saturated rings. The third-order valence-electron chi connectivity index (χ3n) is 4.40. The van der Waals surface area contributed by atoms with E-state index in [0.717, 1.165) is 5.56 Å². The molecule has 29 heavy (non-hydrogen) atoms. The SMILES string of the molecule is COc1ccc(CN2C(=O)C(SC(C)C)=C(c3ccc(F)cc3)C2=O)cc1OC. The number of carbonyl (C=O) groups excluding carboxylic acids is 2. The van der Waals surface area contributed by atoms with Gasteiger partial charge in [-0.2, -0.15) is 0 Å². The van der Waals surface area contributed by atoms with Crippen LogP contribution in [0.3, 0.4) is 0 Å². The summed E-state index contributed by atoms with van der Waals surface area (Å²) in [5.41, 5.74) is 1.58. The lowest BCUT2D eigenvalue weighted by Gasteiger charge is -2.17. The normalized spacial score (nSPS) is 14.2. The van der Waals surface area contributed by atoms with Crippen LogP contribution in [0.2, 0.25) is 0 Å². The molecule has 0 radical (unpaired) electrons. The van der Waals surface area contributed by atoms with Crippen LogP contribution in [0.15, 0.2) is 47.4 Å². The maximum atomic E-state index is 13.3. The van der Waals surface area contributed by atoms with Crippen LogP contribution < -0.4 is 9.47 Å². The lowest BCUT2D eigenvalue weighted by molar-refractivity contribution is -0.137. The molecule has 0 atom stereocenters. The number of amides is 2. The van der Waals surface area contributed by atoms with Crippen molar-refractivity contribution >= 4 is 29.1 Å². The Morgan fingerprint density at radius 2 is 1.62 bits per heavy atom. The number of benzene rings is 2. The highest BCUT2D eigenvalue weighted by atomic mass is 32.2. The zero-order chi connectivity index (χ0) is 21.1. The van der Waals surface area contributed by atoms with E-state index >= 15 is 0 Å². The Morgan fingerprint density at radius 3 is 2.21 bits per heavy atom. The van der Waals surface area contributed by atoms with Gasteiger partial charge < -0.3 is 9.47 Å². The number of halogens is 1. The number of ether oxygens (including phenoxy) is 2. The van der Waals surface area contributed by atoms with Gasteiger partial charge in [0, 0.05) is 5.25 Å². The second-order valence-electron chi connectivity index (χ2n) is 6.76. The van der Waals surface area contributed by atoms with E-state index in [-0.39, 0.29) is 23.6 Å². The summed E-state index contributed by atoms with van der Waals surface area (Å²) in [6.07, 6.45) is 0. The molecule has 0 saturated heterocycles. The Kier molecular flexibility index (Phi) is 6.27. The first kappa shape index (κ1) is 20.9. The van der Waals surface area contributed by atoms with Gasteiger partial charge in [0.15, 0.2) is 11.5 Å². The zero-order valence-corrected chi connectivity index (χ0v) is 17.5. The predicted octanol–water partition coefficient (Wildman–Crippen LogP) is 4.26. The third kappa shape index (κ3) is 4.29. The number of methoxy groups -OCH3 is 2. The molecule has 0 spiro atoms. The Morgan fingerprint density at radius 1 is 0.966 bits per heavy atom. The van der Waals surface area contributed by atoms with E-state index in [1.807, 2.05) is 13.8 Å². The summed E-state index contributed by atoms with van der Waals surface area (Å²) in [5.74, 6) is -0.0437. The summed E-state index contributed by atoms with van der Waals surface area (Å²) in [4.78, 5) is 27.8. The standard InChI is InChI=1S/C22H22FNO4S/c1-13(2)29-20-19(15-6-8-16(23)9-7-15)21(25)24(22(20)26)12-14-5-10-17(27-3)18(11-14)28-4/h5-11,13H,12H2,1-4H3. The highest BCUT2D eigenvalue weighted by Crippen LogP contribution is 2.39.